The summed E-state index contributed by atoms with van der Waals surface area (Å²) in [6.45, 7) is 7.64. The lowest BCUT2D eigenvalue weighted by Gasteiger charge is -2.29. The van der Waals surface area contributed by atoms with E-state index in [1.807, 2.05) is 94.7 Å². The van der Waals surface area contributed by atoms with Gasteiger partial charge in [-0.15, -0.1) is 0 Å². The van der Waals surface area contributed by atoms with Crippen LogP contribution in [0.5, 0.6) is 5.75 Å². The molecule has 1 aromatic carbocycles. The van der Waals surface area contributed by atoms with Crippen molar-refractivity contribution >= 4 is 34.6 Å². The molecule has 1 aliphatic heterocycles. The molecule has 200 valence electrons. The van der Waals surface area contributed by atoms with E-state index in [4.69, 9.17) is 17.0 Å². The molecule has 1 saturated heterocycles. The van der Waals surface area contributed by atoms with Crippen molar-refractivity contribution in [3.63, 3.8) is 0 Å². The Balaban J connectivity index is 1.60. The van der Waals surface area contributed by atoms with Gasteiger partial charge in [-0.3, -0.25) is 9.78 Å². The zero-order valence-corrected chi connectivity index (χ0v) is 23.5. The third-order valence-corrected chi connectivity index (χ3v) is 7.03. The molecule has 0 bridgehead atoms. The highest BCUT2D eigenvalue weighted by molar-refractivity contribution is 7.80. The van der Waals surface area contributed by atoms with Crippen molar-refractivity contribution < 1.29 is 9.53 Å². The molecule has 8 nitrogen and oxygen atoms in total. The smallest absolute Gasteiger partial charge is 0.229 e. The summed E-state index contributed by atoms with van der Waals surface area (Å²) >= 11 is 5.91. The molecule has 2 N–H and O–H groups in total. The lowest BCUT2D eigenvalue weighted by molar-refractivity contribution is -0.123. The van der Waals surface area contributed by atoms with Crippen LogP contribution in [0.25, 0.3) is 5.82 Å². The molecule has 3 aromatic heterocycles. The Kier molecular flexibility index (Phi) is 7.10. The zero-order valence-electron chi connectivity index (χ0n) is 22.7. The third kappa shape index (κ3) is 5.22. The fraction of sp³-hybridized carbons (Fsp3) is 0.267. The predicted molar refractivity (Wildman–Crippen MR) is 157 cm³/mol. The molecule has 0 radical (unpaired) electrons. The number of anilines is 2. The molecule has 4 heterocycles. The fourth-order valence-corrected chi connectivity index (χ4v) is 4.97. The number of carbonyl (C=O) groups is 1. The van der Waals surface area contributed by atoms with Crippen LogP contribution in [0, 0.1) is 12.3 Å². The number of ether oxygens (including phenoxy) is 1. The molecule has 0 aliphatic carbocycles. The first-order valence-electron chi connectivity index (χ1n) is 12.8. The van der Waals surface area contributed by atoms with Gasteiger partial charge in [0.05, 0.1) is 24.5 Å². The summed E-state index contributed by atoms with van der Waals surface area (Å²) in [5.74, 6) is 1.27. The van der Waals surface area contributed by atoms with Gasteiger partial charge in [-0.05, 0) is 67.2 Å². The second-order valence-electron chi connectivity index (χ2n) is 10.6. The van der Waals surface area contributed by atoms with E-state index in [-0.39, 0.29) is 18.0 Å². The van der Waals surface area contributed by atoms with Crippen LogP contribution in [0.3, 0.4) is 0 Å². The number of hydrogen-bond donors (Lipinski definition) is 2. The molecule has 0 saturated carbocycles. The minimum Gasteiger partial charge on any atom is -0.494 e. The number of nitrogens with one attached hydrogen (secondary N) is 2. The Morgan fingerprint density at radius 3 is 2.56 bits per heavy atom. The van der Waals surface area contributed by atoms with Crippen LogP contribution >= 0.6 is 12.2 Å². The maximum absolute atomic E-state index is 12.7. The van der Waals surface area contributed by atoms with Crippen LogP contribution in [0.15, 0.2) is 79.3 Å². The molecule has 4 aromatic rings. The first-order valence-corrected chi connectivity index (χ1v) is 13.2. The Morgan fingerprint density at radius 1 is 1.08 bits per heavy atom. The van der Waals surface area contributed by atoms with Gasteiger partial charge in [-0.2, -0.15) is 0 Å². The number of thiocarbonyl (C=S) groups is 1. The number of aromatic nitrogens is 3. The maximum atomic E-state index is 12.7. The van der Waals surface area contributed by atoms with Crippen molar-refractivity contribution in [1.82, 2.24) is 19.9 Å². The van der Waals surface area contributed by atoms with Crippen LogP contribution in [-0.2, 0) is 4.79 Å². The second-order valence-corrected chi connectivity index (χ2v) is 11.0. The lowest BCUT2D eigenvalue weighted by atomic mass is 9.95. The third-order valence-electron chi connectivity index (χ3n) is 6.72. The summed E-state index contributed by atoms with van der Waals surface area (Å²) < 4.78 is 7.78. The van der Waals surface area contributed by atoms with E-state index < -0.39 is 5.41 Å². The lowest BCUT2D eigenvalue weighted by Crippen LogP contribution is -2.30. The Bertz CT molecular complexity index is 1490. The molecular weight excluding hydrogens is 508 g/mol. The highest BCUT2D eigenvalue weighted by Crippen LogP contribution is 2.44. The second kappa shape index (κ2) is 10.5. The van der Waals surface area contributed by atoms with Gasteiger partial charge >= 0.3 is 0 Å². The summed E-state index contributed by atoms with van der Waals surface area (Å²) in [4.78, 5) is 24.1. The SMILES string of the molecule is COc1cc(N2C(=S)N[C@@H](c3ccccn3)[C@@H]2c2cccn2-c2ccc(C)cn2)ccc1NC(=O)C(C)(C)C. The molecule has 39 heavy (non-hydrogen) atoms. The van der Waals surface area contributed by atoms with Crippen LogP contribution < -0.4 is 20.3 Å². The highest BCUT2D eigenvalue weighted by atomic mass is 32.1. The first kappa shape index (κ1) is 26.4. The fourth-order valence-electron chi connectivity index (χ4n) is 4.62. The van der Waals surface area contributed by atoms with Crippen molar-refractivity contribution in [3.8, 4) is 11.6 Å². The van der Waals surface area contributed by atoms with Gasteiger partial charge in [-0.25, -0.2) is 4.98 Å². The minimum absolute atomic E-state index is 0.0940. The van der Waals surface area contributed by atoms with Crippen LogP contribution in [0.2, 0.25) is 0 Å². The summed E-state index contributed by atoms with van der Waals surface area (Å²) in [5.41, 5.74) is 3.85. The van der Waals surface area contributed by atoms with Crippen molar-refractivity contribution in [2.45, 2.75) is 39.8 Å². The Hall–Kier alpha value is -4.24. The molecular formula is C30H32N6O2S. The number of rotatable bonds is 6. The molecule has 0 unspecified atom stereocenters. The van der Waals surface area contributed by atoms with Crippen molar-refractivity contribution in [2.24, 2.45) is 5.41 Å². The normalized spacial score (nSPS) is 17.2. The number of methoxy groups -OCH3 is 1. The van der Waals surface area contributed by atoms with Gasteiger partial charge in [0.1, 0.15) is 17.6 Å². The van der Waals surface area contributed by atoms with E-state index in [2.05, 4.69) is 36.1 Å². The van der Waals surface area contributed by atoms with E-state index in [1.165, 1.54) is 0 Å². The maximum Gasteiger partial charge on any atom is 0.229 e. The summed E-state index contributed by atoms with van der Waals surface area (Å²) in [5, 5.41) is 7.05. The van der Waals surface area contributed by atoms with Crippen LogP contribution in [0.4, 0.5) is 11.4 Å². The minimum atomic E-state index is -0.541. The van der Waals surface area contributed by atoms with Gasteiger partial charge < -0.3 is 24.8 Å². The molecule has 5 rings (SSSR count). The van der Waals surface area contributed by atoms with Crippen LogP contribution in [-0.4, -0.2) is 32.7 Å². The largest absolute Gasteiger partial charge is 0.494 e. The quantitative estimate of drug-likeness (QED) is 0.302. The van der Waals surface area contributed by atoms with Crippen LogP contribution in [0.1, 0.15) is 49.8 Å². The molecule has 2 atom stereocenters. The van der Waals surface area contributed by atoms with Crippen molar-refractivity contribution in [1.29, 1.82) is 0 Å². The number of nitrogens with zero attached hydrogens (tertiary/aromatic N) is 4. The van der Waals surface area contributed by atoms with Gasteiger partial charge in [0, 0.05) is 41.5 Å². The molecule has 1 fully saturated rings. The number of benzene rings is 1. The van der Waals surface area contributed by atoms with Crippen molar-refractivity contribution in [3.05, 3.63) is 96.2 Å². The van der Waals surface area contributed by atoms with E-state index in [0.717, 1.165) is 28.5 Å². The standard InChI is InChI=1S/C30H32N6O2S/c1-19-11-14-25(32-18-19)35-16-8-10-23(35)27-26(22-9-6-7-15-31-22)34-29(39)36(27)20-12-13-21(24(17-20)38-5)33-28(37)30(2,3)4/h6-18,26-27H,1-5H3,(H,33,37)(H,34,39)/t26-,27-/m0/s1. The monoisotopic (exact) mass is 540 g/mol. The van der Waals surface area contributed by atoms with Gasteiger partial charge in [0.15, 0.2) is 5.11 Å². The molecule has 9 heteroatoms. The number of carbonyl (C=O) groups excluding carboxylic acids is 1. The Morgan fingerprint density at radius 2 is 1.90 bits per heavy atom. The van der Waals surface area contributed by atoms with Crippen molar-refractivity contribution in [2.75, 3.05) is 17.3 Å². The van der Waals surface area contributed by atoms with E-state index in [0.29, 0.717) is 16.5 Å². The number of pyridine rings is 2. The topological polar surface area (TPSA) is 84.3 Å². The molecule has 1 aliphatic rings. The van der Waals surface area contributed by atoms with Gasteiger partial charge in [-0.1, -0.05) is 32.9 Å². The van der Waals surface area contributed by atoms with E-state index in [1.54, 1.807) is 13.3 Å². The number of aryl methyl sites for hydroxylation is 1. The van der Waals surface area contributed by atoms with E-state index >= 15 is 0 Å². The number of amides is 1. The molecule has 0 spiro atoms. The molecule has 1 amide bonds. The van der Waals surface area contributed by atoms with E-state index in [9.17, 15) is 4.79 Å². The average Bonchev–Trinajstić information content (AvgIpc) is 3.53. The zero-order chi connectivity index (χ0) is 27.7. The average molecular weight is 541 g/mol. The number of hydrogen-bond acceptors (Lipinski definition) is 5. The summed E-state index contributed by atoms with van der Waals surface area (Å²) in [6, 6.07) is 19.3. The van der Waals surface area contributed by atoms with Gasteiger partial charge in [0.25, 0.3) is 0 Å². The Labute approximate surface area is 234 Å². The summed E-state index contributed by atoms with van der Waals surface area (Å²) in [6.07, 6.45) is 5.66. The van der Waals surface area contributed by atoms with Gasteiger partial charge in [0.2, 0.25) is 5.91 Å². The predicted octanol–water partition coefficient (Wildman–Crippen LogP) is 5.75. The highest BCUT2D eigenvalue weighted by Gasteiger charge is 2.42. The first-order chi connectivity index (χ1) is 18.7. The summed E-state index contributed by atoms with van der Waals surface area (Å²) in [7, 11) is 1.59.